The summed E-state index contributed by atoms with van der Waals surface area (Å²) in [6, 6.07) is 18.4. The van der Waals surface area contributed by atoms with Crippen LogP contribution in [-0.2, 0) is 22.3 Å². The predicted octanol–water partition coefficient (Wildman–Crippen LogP) is 6.80. The van der Waals surface area contributed by atoms with Crippen LogP contribution in [0.4, 0.5) is 0 Å². The first-order chi connectivity index (χ1) is 12.4. The monoisotopic (exact) mass is 453 g/mol. The minimum absolute atomic E-state index is 0. The first kappa shape index (κ1) is 24.4. The molecule has 2 aromatic carbocycles. The average molecular weight is 454 g/mol. The van der Waals surface area contributed by atoms with Gasteiger partial charge in [-0.25, -0.2) is 0 Å². The third kappa shape index (κ3) is 5.06. The number of hydrogen-bond acceptors (Lipinski definition) is 1. The van der Waals surface area contributed by atoms with Crippen LogP contribution in [0.5, 0.6) is 0 Å². The van der Waals surface area contributed by atoms with Crippen molar-refractivity contribution in [3.8, 4) is 0 Å². The molecule has 144 valence electrons. The Morgan fingerprint density at radius 2 is 1.41 bits per heavy atom. The molecular weight excluding hydrogens is 427 g/mol. The predicted molar refractivity (Wildman–Crippen MR) is 118 cm³/mol. The Morgan fingerprint density at radius 1 is 0.926 bits per heavy atom. The summed E-state index contributed by atoms with van der Waals surface area (Å²) in [6.45, 7) is 6.67. The van der Waals surface area contributed by atoms with E-state index in [2.05, 4.69) is 68.6 Å². The third-order valence-corrected chi connectivity index (χ3v) is 9.71. The van der Waals surface area contributed by atoms with Crippen LogP contribution >= 0.6 is 18.6 Å². The van der Waals surface area contributed by atoms with Crippen molar-refractivity contribution in [2.75, 3.05) is 0 Å². The third-order valence-electron chi connectivity index (χ3n) is 5.24. The van der Waals surface area contributed by atoms with E-state index < -0.39 is 30.3 Å². The van der Waals surface area contributed by atoms with Gasteiger partial charge in [0, 0.05) is 0 Å². The summed E-state index contributed by atoms with van der Waals surface area (Å²) in [6.07, 6.45) is 8.67. The number of aryl methyl sites for hydroxylation is 1. The Labute approximate surface area is 181 Å². The van der Waals surface area contributed by atoms with Crippen molar-refractivity contribution < 1.29 is 22.1 Å². The summed E-state index contributed by atoms with van der Waals surface area (Å²) in [4.78, 5) is 0. The Hall–Kier alpha value is -0.609. The maximum atomic E-state index is 12.1. The molecule has 0 spiro atoms. The average Bonchev–Trinajstić information content (AvgIpc) is 3.18. The van der Waals surface area contributed by atoms with Crippen LogP contribution in [0.25, 0.3) is 0 Å². The number of allylic oxidation sites excluding steroid dienone is 4. The van der Waals surface area contributed by atoms with Gasteiger partial charge in [-0.2, -0.15) is 0 Å². The van der Waals surface area contributed by atoms with E-state index in [0.29, 0.717) is 5.54 Å². The van der Waals surface area contributed by atoms with E-state index >= 15 is 0 Å². The maximum absolute atomic E-state index is 12.1. The van der Waals surface area contributed by atoms with Gasteiger partial charge >= 0.3 is 35.6 Å². The van der Waals surface area contributed by atoms with Crippen molar-refractivity contribution in [1.29, 1.82) is 0 Å². The summed E-state index contributed by atoms with van der Waals surface area (Å²) in [5.74, 6) is 0. The molecule has 0 amide bonds. The van der Waals surface area contributed by atoms with Gasteiger partial charge < -0.3 is 12.5 Å². The molecule has 0 heterocycles. The zero-order valence-electron chi connectivity index (χ0n) is 16.3. The summed E-state index contributed by atoms with van der Waals surface area (Å²) in [5, 5.41) is 11.2. The molecule has 0 radical (unpaired) electrons. The van der Waals surface area contributed by atoms with Gasteiger partial charge in [0.25, 0.3) is 0 Å². The molecule has 0 saturated carbocycles. The zero-order valence-corrected chi connectivity index (χ0v) is 20.4. The Bertz CT molecular complexity index is 765. The van der Waals surface area contributed by atoms with Crippen molar-refractivity contribution in [1.82, 2.24) is 0 Å². The molecule has 2 aromatic rings. The van der Waals surface area contributed by atoms with Crippen LogP contribution in [0.3, 0.4) is 0 Å². The molecule has 3 rings (SSSR count). The summed E-state index contributed by atoms with van der Waals surface area (Å²) in [7, 11) is 7.62. The van der Waals surface area contributed by atoms with Crippen molar-refractivity contribution >= 4 is 26.7 Å². The molecule has 0 bridgehead atoms. The number of halogens is 2. The van der Waals surface area contributed by atoms with Gasteiger partial charge in [-0.3, -0.25) is 0 Å². The number of hydrogen-bond donors (Lipinski definition) is 1. The first-order valence-electron chi connectivity index (χ1n) is 8.54. The number of rotatable bonds is 4. The van der Waals surface area contributed by atoms with E-state index in [9.17, 15) is 5.11 Å². The normalized spacial score (nSPS) is 15.3. The molecule has 0 fully saturated rings. The molecule has 27 heavy (non-hydrogen) atoms. The molecule has 5 heteroatoms. The first-order valence-corrected chi connectivity index (χ1v) is 15.9. The fraction of sp³-hybridized carbons (Fsp3) is 0.227. The van der Waals surface area contributed by atoms with Crippen LogP contribution in [0, 0.1) is 14.4 Å². The molecule has 0 aromatic heterocycles. The quantitative estimate of drug-likeness (QED) is 0.398. The van der Waals surface area contributed by atoms with Gasteiger partial charge in [0.15, 0.2) is 0 Å². The van der Waals surface area contributed by atoms with Crippen LogP contribution < -0.4 is 0 Å². The van der Waals surface area contributed by atoms with Gasteiger partial charge in [-0.15, -0.1) is 0 Å². The van der Waals surface area contributed by atoms with E-state index in [0.717, 1.165) is 16.7 Å². The van der Waals surface area contributed by atoms with E-state index in [1.165, 1.54) is 0 Å². The molecule has 0 aliphatic heterocycles. The second kappa shape index (κ2) is 10.8. The number of benzene rings is 2. The second-order valence-corrected chi connectivity index (χ2v) is 14.4. The molecule has 1 aliphatic carbocycles. The molecule has 1 unspecified atom stereocenters. The summed E-state index contributed by atoms with van der Waals surface area (Å²) >= 11 is -0.556. The van der Waals surface area contributed by atoms with Crippen molar-refractivity contribution in [3.63, 3.8) is 0 Å². The SMILES string of the molecule is Cc1ccccc1C(O)(c1ccccc1)[Si](C)(C)C1C=CC=C1.[CH3-].[Cl][Ti][Cl]. The van der Waals surface area contributed by atoms with Crippen LogP contribution in [0.15, 0.2) is 78.9 Å². The van der Waals surface area contributed by atoms with Gasteiger partial charge in [0.05, 0.1) is 0 Å². The Kier molecular flexibility index (Phi) is 9.78. The number of aliphatic hydroxyl groups is 1. The van der Waals surface area contributed by atoms with Crippen LogP contribution in [0.1, 0.15) is 16.7 Å². The van der Waals surface area contributed by atoms with Gasteiger partial charge in [0.2, 0.25) is 0 Å². The topological polar surface area (TPSA) is 20.2 Å². The summed E-state index contributed by atoms with van der Waals surface area (Å²) < 4.78 is 0. The Morgan fingerprint density at radius 3 is 1.93 bits per heavy atom. The van der Waals surface area contributed by atoms with E-state index in [1.54, 1.807) is 0 Å². The molecule has 1 aliphatic rings. The van der Waals surface area contributed by atoms with Crippen molar-refractivity contribution in [2.24, 2.45) is 0 Å². The van der Waals surface area contributed by atoms with E-state index in [1.807, 2.05) is 30.3 Å². The Balaban J connectivity index is 0.000000855. The fourth-order valence-corrected chi connectivity index (χ4v) is 7.24. The van der Waals surface area contributed by atoms with E-state index in [4.69, 9.17) is 18.6 Å². The van der Waals surface area contributed by atoms with Crippen molar-refractivity contribution in [2.45, 2.75) is 30.8 Å². The minimum atomic E-state index is -2.16. The zero-order chi connectivity index (χ0) is 19.2. The van der Waals surface area contributed by atoms with E-state index in [-0.39, 0.29) is 7.43 Å². The second-order valence-electron chi connectivity index (χ2n) is 6.98. The fourth-order valence-electron chi connectivity index (χ4n) is 3.69. The van der Waals surface area contributed by atoms with Crippen molar-refractivity contribution in [3.05, 3.63) is 103 Å². The molecule has 1 nitrogen and oxygen atoms in total. The standard InChI is InChI=1S/C21H24OSi.CH3.2ClH.Ti/c1-17-11-7-10-16-20(17)21(22,18-12-5-4-6-13-18)23(2,3)19-14-8-9-15-19;;;;/h4-16,19,22H,1-3H3;1H3;2*1H;/q;-1;;;+2/p-2. The molecule has 1 N–H and O–H groups in total. The molecule has 1 atom stereocenters. The van der Waals surface area contributed by atoms with Gasteiger partial charge in [-0.05, 0) is 29.2 Å². The van der Waals surface area contributed by atoms with Crippen LogP contribution in [0.2, 0.25) is 18.6 Å². The van der Waals surface area contributed by atoms with Gasteiger partial charge in [0.1, 0.15) is 13.3 Å². The van der Waals surface area contributed by atoms with Crippen LogP contribution in [-0.4, -0.2) is 13.2 Å². The summed E-state index contributed by atoms with van der Waals surface area (Å²) in [5.41, 5.74) is 3.51. The molecule has 0 saturated heterocycles. The molecular formula is C22H27Cl2OSiTi-. The van der Waals surface area contributed by atoms with Gasteiger partial charge in [-0.1, -0.05) is 92.0 Å².